The molecule has 0 saturated heterocycles. The van der Waals surface area contributed by atoms with Gasteiger partial charge < -0.3 is 9.47 Å². The van der Waals surface area contributed by atoms with Crippen LogP contribution in [0.2, 0.25) is 0 Å². The third-order valence-corrected chi connectivity index (χ3v) is 9.78. The van der Waals surface area contributed by atoms with Crippen molar-refractivity contribution in [2.24, 2.45) is 0 Å². The molecule has 1 heterocycles. The summed E-state index contributed by atoms with van der Waals surface area (Å²) in [5.74, 6) is 0. The molecule has 0 amide bonds. The Morgan fingerprint density at radius 2 is 1.02 bits per heavy atom. The van der Waals surface area contributed by atoms with Gasteiger partial charge in [0.15, 0.2) is 0 Å². The van der Waals surface area contributed by atoms with E-state index in [4.69, 9.17) is 12.3 Å². The number of rotatable bonds is 7. The highest BCUT2D eigenvalue weighted by molar-refractivity contribution is 6.16. The maximum Gasteiger partial charge on any atom is 0.0645 e. The van der Waals surface area contributed by atoms with Crippen LogP contribution in [0.15, 0.2) is 218 Å². The molecule has 0 fully saturated rings. The van der Waals surface area contributed by atoms with Gasteiger partial charge in [-0.2, -0.15) is 0 Å². The Balaban J connectivity index is 1.23. The summed E-state index contributed by atoms with van der Waals surface area (Å²) in [6, 6.07) is 40.8. The van der Waals surface area contributed by atoms with Crippen LogP contribution >= 0.6 is 0 Å². The smallest absolute Gasteiger partial charge is 0.0645 e. The van der Waals surface area contributed by atoms with E-state index in [-0.39, 0.29) is 27.4 Å². The van der Waals surface area contributed by atoms with Crippen LogP contribution in [0.1, 0.15) is 16.4 Å². The number of hydrogen-bond acceptors (Lipinski definition) is 1. The van der Waals surface area contributed by atoms with Crippen molar-refractivity contribution in [1.29, 1.82) is 0 Å². The molecule has 0 bridgehead atoms. The van der Waals surface area contributed by atoms with Gasteiger partial charge in [-0.25, -0.2) is 0 Å². The second-order valence-corrected chi connectivity index (χ2v) is 12.9. The summed E-state index contributed by atoms with van der Waals surface area (Å²) in [5.41, 5.74) is 5.95. The van der Waals surface area contributed by atoms with E-state index in [1.165, 1.54) is 0 Å². The minimum Gasteiger partial charge on any atom is -0.310 e. The fourth-order valence-corrected chi connectivity index (χ4v) is 7.32. The minimum atomic E-state index is -0.688. The summed E-state index contributed by atoms with van der Waals surface area (Å²) in [7, 11) is 0. The Hall–Kier alpha value is -7.16. The normalized spacial score (nSPS) is 14.4. The first-order valence-corrected chi connectivity index (χ1v) is 17.5. The van der Waals surface area contributed by atoms with Gasteiger partial charge in [-0.05, 0) is 105 Å². The van der Waals surface area contributed by atoms with Crippen molar-refractivity contribution in [1.82, 2.24) is 4.57 Å². The standard InChI is InChI=1S/C52H36N2/c1-3-14-37(15-4-1)38-28-32-43(33-29-38)53(44-34-30-40(31-35-44)47-24-12-17-39-16-7-8-22-46(39)47)45-21-11-18-41(36-45)48-25-13-27-51-52(48)49-23-9-10-26-50(49)54(51)42-19-5-2-6-20-42/h1-36H/i2D,5D,6D,9D,10D,13D,19D,20D,23D,25D,26D,27D. The third kappa shape index (κ3) is 5.53. The molecular weight excluding hydrogens is 653 g/mol. The topological polar surface area (TPSA) is 8.17 Å². The van der Waals surface area contributed by atoms with Crippen LogP contribution in [0.4, 0.5) is 17.1 Å². The Bertz CT molecular complexity index is 3570. The number of para-hydroxylation sites is 2. The molecule has 254 valence electrons. The zero-order valence-electron chi connectivity index (χ0n) is 40.8. The van der Waals surface area contributed by atoms with Gasteiger partial charge in [0.2, 0.25) is 0 Å². The number of aromatic nitrogens is 1. The maximum absolute atomic E-state index is 9.44. The molecule has 0 saturated carbocycles. The molecular formula is C52H36N2. The predicted octanol–water partition coefficient (Wildman–Crippen LogP) is 14.4. The van der Waals surface area contributed by atoms with Crippen LogP contribution < -0.4 is 4.90 Å². The lowest BCUT2D eigenvalue weighted by Gasteiger charge is -2.26. The van der Waals surface area contributed by atoms with E-state index in [1.807, 2.05) is 97.1 Å². The monoisotopic (exact) mass is 700 g/mol. The van der Waals surface area contributed by atoms with Crippen LogP contribution in [-0.2, 0) is 0 Å². The van der Waals surface area contributed by atoms with E-state index in [2.05, 4.69) is 41.3 Å². The van der Waals surface area contributed by atoms with Gasteiger partial charge in [0, 0.05) is 33.5 Å². The molecule has 54 heavy (non-hydrogen) atoms. The Labute approximate surface area is 332 Å². The van der Waals surface area contributed by atoms with Crippen molar-refractivity contribution in [3.05, 3.63) is 218 Å². The highest BCUT2D eigenvalue weighted by Crippen LogP contribution is 2.42. The maximum atomic E-state index is 9.44. The fraction of sp³-hybridized carbons (Fsp3) is 0. The Morgan fingerprint density at radius 1 is 0.389 bits per heavy atom. The zero-order chi connectivity index (χ0) is 46.3. The second-order valence-electron chi connectivity index (χ2n) is 12.9. The van der Waals surface area contributed by atoms with Gasteiger partial charge in [0.25, 0.3) is 0 Å². The molecule has 0 aliphatic rings. The summed E-state index contributed by atoms with van der Waals surface area (Å²) in [4.78, 5) is 2.05. The molecule has 0 N–H and O–H groups in total. The van der Waals surface area contributed by atoms with Crippen LogP contribution in [0.3, 0.4) is 0 Å². The van der Waals surface area contributed by atoms with Crippen LogP contribution in [0, 0.1) is 0 Å². The lowest BCUT2D eigenvalue weighted by molar-refractivity contribution is 1.18. The van der Waals surface area contributed by atoms with E-state index in [0.29, 0.717) is 11.3 Å². The van der Waals surface area contributed by atoms with Crippen molar-refractivity contribution in [3.63, 3.8) is 0 Å². The second kappa shape index (κ2) is 13.4. The molecule has 9 aromatic carbocycles. The third-order valence-electron chi connectivity index (χ3n) is 9.78. The Morgan fingerprint density at radius 3 is 1.83 bits per heavy atom. The van der Waals surface area contributed by atoms with Gasteiger partial charge in [0.05, 0.1) is 27.5 Å². The molecule has 10 rings (SSSR count). The SMILES string of the molecule is [2H]c1c([2H])c([2H])c(-n2c3c([2H])c([2H])c([2H])c([2H])c3c3c(-c4cccc(N(c5ccc(-c6ccccc6)cc5)c5ccc(-c6cccc7ccccc67)cc5)c4)c([2H])c([2H])c([2H])c32)c([2H])c1[2H]. The van der Waals surface area contributed by atoms with Gasteiger partial charge in [-0.1, -0.05) is 158 Å². The average molecular weight is 701 g/mol. The first kappa shape index (κ1) is 21.4. The average Bonchev–Trinajstić information content (AvgIpc) is 3.69. The van der Waals surface area contributed by atoms with Gasteiger partial charge in [-0.3, -0.25) is 0 Å². The van der Waals surface area contributed by atoms with Crippen molar-refractivity contribution in [2.45, 2.75) is 0 Å². The Kier molecular flexibility index (Phi) is 5.32. The number of fused-ring (bicyclic) bond motifs is 4. The summed E-state index contributed by atoms with van der Waals surface area (Å²) in [6.45, 7) is 0. The molecule has 0 unspecified atom stereocenters. The zero-order valence-corrected chi connectivity index (χ0v) is 28.8. The minimum absolute atomic E-state index is 0.00478. The number of hydrogen-bond donors (Lipinski definition) is 0. The highest BCUT2D eigenvalue weighted by Gasteiger charge is 2.18. The molecule has 2 heteroatoms. The van der Waals surface area contributed by atoms with Crippen molar-refractivity contribution < 1.29 is 16.4 Å². The number of nitrogens with zero attached hydrogens (tertiary/aromatic N) is 2. The van der Waals surface area contributed by atoms with Crippen LogP contribution in [0.25, 0.3) is 71.6 Å². The van der Waals surface area contributed by atoms with E-state index in [0.717, 1.165) is 49.0 Å². The first-order chi connectivity index (χ1) is 31.8. The molecule has 0 spiro atoms. The lowest BCUT2D eigenvalue weighted by atomic mass is 9.97. The molecule has 2 nitrogen and oxygen atoms in total. The van der Waals surface area contributed by atoms with Crippen molar-refractivity contribution in [2.75, 3.05) is 4.90 Å². The van der Waals surface area contributed by atoms with Gasteiger partial charge >= 0.3 is 0 Å². The summed E-state index contributed by atoms with van der Waals surface area (Å²) in [6.07, 6.45) is 0. The molecule has 1 aromatic heterocycles. The summed E-state index contributed by atoms with van der Waals surface area (Å²) >= 11 is 0. The quantitative estimate of drug-likeness (QED) is 0.161. The van der Waals surface area contributed by atoms with E-state index in [9.17, 15) is 4.11 Å². The fourth-order valence-electron chi connectivity index (χ4n) is 7.32. The summed E-state index contributed by atoms with van der Waals surface area (Å²) < 4.78 is 108. The lowest BCUT2D eigenvalue weighted by Crippen LogP contribution is -2.10. The molecule has 0 atom stereocenters. The van der Waals surface area contributed by atoms with Crippen molar-refractivity contribution in [3.8, 4) is 39.1 Å². The van der Waals surface area contributed by atoms with Crippen molar-refractivity contribution >= 4 is 49.6 Å². The largest absolute Gasteiger partial charge is 0.310 e. The van der Waals surface area contributed by atoms with Gasteiger partial charge in [0.1, 0.15) is 0 Å². The van der Waals surface area contributed by atoms with Crippen LogP contribution in [-0.4, -0.2) is 4.57 Å². The first-order valence-electron chi connectivity index (χ1n) is 23.5. The molecule has 0 aliphatic carbocycles. The molecule has 10 aromatic rings. The van der Waals surface area contributed by atoms with E-state index < -0.39 is 78.2 Å². The van der Waals surface area contributed by atoms with Crippen LogP contribution in [0.5, 0.6) is 0 Å². The summed E-state index contributed by atoms with van der Waals surface area (Å²) in [5, 5.41) is 2.13. The molecule has 0 radical (unpaired) electrons. The highest BCUT2D eigenvalue weighted by atomic mass is 15.1. The number of anilines is 3. The van der Waals surface area contributed by atoms with Gasteiger partial charge in [-0.15, -0.1) is 0 Å². The van der Waals surface area contributed by atoms with E-state index in [1.54, 1.807) is 12.1 Å². The predicted molar refractivity (Wildman–Crippen MR) is 229 cm³/mol. The molecule has 0 aliphatic heterocycles. The number of benzene rings is 9. The van der Waals surface area contributed by atoms with E-state index >= 15 is 0 Å².